The number of aliphatic imine (C=N–C) groups is 1. The molecule has 0 saturated carbocycles. The Morgan fingerprint density at radius 1 is 0.614 bits per heavy atom. The lowest BCUT2D eigenvalue weighted by molar-refractivity contribution is 0.0361. The van der Waals surface area contributed by atoms with Gasteiger partial charge >= 0.3 is 0 Å². The van der Waals surface area contributed by atoms with Crippen molar-refractivity contribution in [1.29, 1.82) is 0 Å². The average molecular weight is 602 g/mol. The summed E-state index contributed by atoms with van der Waals surface area (Å²) in [6.07, 6.45) is 1.50. The lowest BCUT2D eigenvalue weighted by Crippen LogP contribution is -2.44. The summed E-state index contributed by atoms with van der Waals surface area (Å²) in [7, 11) is 0. The van der Waals surface area contributed by atoms with Crippen molar-refractivity contribution in [2.45, 2.75) is 130 Å². The molecule has 0 heterocycles. The molecule has 0 aliphatic heterocycles. The topological polar surface area (TPSA) is 52.8 Å². The van der Waals surface area contributed by atoms with E-state index in [1.807, 2.05) is 0 Å². The molecule has 0 fully saturated rings. The Morgan fingerprint density at radius 3 is 1.27 bits per heavy atom. The van der Waals surface area contributed by atoms with Crippen LogP contribution in [0.25, 0.3) is 0 Å². The molecule has 0 saturated heterocycles. The van der Waals surface area contributed by atoms with E-state index < -0.39 is 23.2 Å². The van der Waals surface area contributed by atoms with Crippen LogP contribution >= 0.6 is 0 Å². The molecule has 3 aromatic carbocycles. The summed E-state index contributed by atoms with van der Waals surface area (Å²) < 4.78 is 14.3. The van der Waals surface area contributed by atoms with Crippen molar-refractivity contribution in [2.24, 2.45) is 10.9 Å². The van der Waals surface area contributed by atoms with Crippen LogP contribution in [-0.4, -0.2) is 22.5 Å². The third-order valence-corrected chi connectivity index (χ3v) is 8.66. The maximum atomic E-state index is 14.3. The van der Waals surface area contributed by atoms with Gasteiger partial charge in [0.2, 0.25) is 0 Å². The fourth-order valence-corrected chi connectivity index (χ4v) is 5.49. The van der Waals surface area contributed by atoms with Crippen molar-refractivity contribution in [1.82, 2.24) is 0 Å². The van der Waals surface area contributed by atoms with Gasteiger partial charge in [0.1, 0.15) is 5.60 Å². The SMILES string of the molecule is CC(C)C(N=Cc1cccc(F)c1O)C(O)(c1cc(C(C)(C)C)cc(C(C)(C)C)c1)c1cc(C(C)(C)C)cc(C(C)(C)C)c1. The number of phenolic OH excluding ortho intramolecular Hbond substituents is 1. The summed E-state index contributed by atoms with van der Waals surface area (Å²) in [5, 5.41) is 24.0. The third-order valence-electron chi connectivity index (χ3n) is 8.66. The molecule has 44 heavy (non-hydrogen) atoms. The second-order valence-electron chi connectivity index (χ2n) is 17.0. The van der Waals surface area contributed by atoms with Crippen LogP contribution in [-0.2, 0) is 27.3 Å². The lowest BCUT2D eigenvalue weighted by Gasteiger charge is -2.40. The number of hydrogen-bond acceptors (Lipinski definition) is 3. The number of rotatable bonds is 6. The first-order valence-electron chi connectivity index (χ1n) is 15.9. The molecule has 3 aromatic rings. The second kappa shape index (κ2) is 12.1. The maximum absolute atomic E-state index is 14.3. The van der Waals surface area contributed by atoms with Crippen molar-refractivity contribution in [3.63, 3.8) is 0 Å². The van der Waals surface area contributed by atoms with E-state index in [0.717, 1.165) is 33.4 Å². The molecule has 1 unspecified atom stereocenters. The fourth-order valence-electron chi connectivity index (χ4n) is 5.49. The first-order chi connectivity index (χ1) is 19.9. The maximum Gasteiger partial charge on any atom is 0.165 e. The highest BCUT2D eigenvalue weighted by Gasteiger charge is 2.44. The highest BCUT2D eigenvalue weighted by Crippen LogP contribution is 2.44. The highest BCUT2D eigenvalue weighted by molar-refractivity contribution is 5.83. The predicted octanol–water partition coefficient (Wildman–Crippen LogP) is 10.1. The first-order valence-corrected chi connectivity index (χ1v) is 15.9. The molecule has 3 rings (SSSR count). The Hall–Kier alpha value is -2.98. The minimum atomic E-state index is -1.55. The fraction of sp³-hybridized carbons (Fsp3) is 0.525. The van der Waals surface area contributed by atoms with Gasteiger partial charge in [0.05, 0.1) is 6.04 Å². The highest BCUT2D eigenvalue weighted by atomic mass is 19.1. The number of aromatic hydroxyl groups is 1. The average Bonchev–Trinajstić information content (AvgIpc) is 2.88. The first kappa shape index (κ1) is 35.5. The molecule has 0 spiro atoms. The summed E-state index contributed by atoms with van der Waals surface area (Å²) in [5.41, 5.74) is 4.18. The molecule has 1 atom stereocenters. The van der Waals surface area contributed by atoms with E-state index in [4.69, 9.17) is 4.99 Å². The van der Waals surface area contributed by atoms with E-state index in [1.165, 1.54) is 12.3 Å². The van der Waals surface area contributed by atoms with Gasteiger partial charge in [-0.15, -0.1) is 0 Å². The molecule has 0 aromatic heterocycles. The van der Waals surface area contributed by atoms with Gasteiger partial charge in [-0.25, -0.2) is 4.39 Å². The summed E-state index contributed by atoms with van der Waals surface area (Å²) in [4.78, 5) is 4.99. The number of benzene rings is 3. The Bertz CT molecular complexity index is 1360. The van der Waals surface area contributed by atoms with Crippen LogP contribution in [0.3, 0.4) is 0 Å². The number of aliphatic hydroxyl groups is 1. The summed E-state index contributed by atoms with van der Waals surface area (Å²) in [6.45, 7) is 30.4. The minimum Gasteiger partial charge on any atom is -0.504 e. The molecular formula is C40H56FNO2. The van der Waals surface area contributed by atoms with E-state index in [-0.39, 0.29) is 33.1 Å². The standard InChI is InChI=1S/C40H56FNO2/c1-25(2)35(42-24-26-16-15-17-33(41)34(26)43)40(44,31-20-27(36(3,4)5)18-28(21-31)37(6,7)8)32-22-29(38(9,10)11)19-30(23-32)39(12,13)14/h15-25,35,43-44H,1-14H3. The molecule has 2 N–H and O–H groups in total. The number of nitrogens with zero attached hydrogens (tertiary/aromatic N) is 1. The third kappa shape index (κ3) is 7.62. The van der Waals surface area contributed by atoms with Gasteiger partial charge in [-0.1, -0.05) is 139 Å². The molecule has 0 radical (unpaired) electrons. The monoisotopic (exact) mass is 601 g/mol. The molecule has 0 aliphatic carbocycles. The lowest BCUT2D eigenvalue weighted by atomic mass is 9.70. The van der Waals surface area contributed by atoms with Crippen LogP contribution < -0.4 is 0 Å². The van der Waals surface area contributed by atoms with Crippen LogP contribution in [0.5, 0.6) is 5.75 Å². The van der Waals surface area contributed by atoms with E-state index in [9.17, 15) is 14.6 Å². The van der Waals surface area contributed by atoms with Crippen molar-refractivity contribution in [3.05, 3.63) is 99.4 Å². The summed E-state index contributed by atoms with van der Waals surface area (Å²) in [6, 6.07) is 16.8. The number of phenols is 1. The van der Waals surface area contributed by atoms with Crippen LogP contribution in [0.2, 0.25) is 0 Å². The quantitative estimate of drug-likeness (QED) is 0.276. The van der Waals surface area contributed by atoms with Crippen LogP contribution in [0.4, 0.5) is 4.39 Å². The Kier molecular flexibility index (Phi) is 9.75. The van der Waals surface area contributed by atoms with Crippen molar-refractivity contribution < 1.29 is 14.6 Å². The molecule has 4 heteroatoms. The van der Waals surface area contributed by atoms with Gasteiger partial charge in [-0.2, -0.15) is 0 Å². The molecular weight excluding hydrogens is 545 g/mol. The van der Waals surface area contributed by atoms with Crippen molar-refractivity contribution >= 4 is 6.21 Å². The van der Waals surface area contributed by atoms with Crippen molar-refractivity contribution in [3.8, 4) is 5.75 Å². The van der Waals surface area contributed by atoms with Gasteiger partial charge in [-0.3, -0.25) is 4.99 Å². The summed E-state index contributed by atoms with van der Waals surface area (Å²) >= 11 is 0. The number of hydrogen-bond donors (Lipinski definition) is 2. The zero-order valence-electron chi connectivity index (χ0n) is 29.6. The molecule has 240 valence electrons. The Morgan fingerprint density at radius 2 is 0.955 bits per heavy atom. The van der Waals surface area contributed by atoms with Gasteiger partial charge in [0.25, 0.3) is 0 Å². The zero-order chi connectivity index (χ0) is 33.6. The van der Waals surface area contributed by atoms with Crippen LogP contribution in [0, 0.1) is 11.7 Å². The predicted molar refractivity (Wildman–Crippen MR) is 185 cm³/mol. The second-order valence-corrected chi connectivity index (χ2v) is 17.0. The van der Waals surface area contributed by atoms with E-state index in [1.54, 1.807) is 12.1 Å². The van der Waals surface area contributed by atoms with Gasteiger partial charge in [-0.05, 0) is 73.1 Å². The van der Waals surface area contributed by atoms with E-state index in [2.05, 4.69) is 133 Å². The van der Waals surface area contributed by atoms with Crippen LogP contribution in [0.15, 0.2) is 59.6 Å². The van der Waals surface area contributed by atoms with Crippen molar-refractivity contribution in [2.75, 3.05) is 0 Å². The smallest absolute Gasteiger partial charge is 0.165 e. The van der Waals surface area contributed by atoms with E-state index >= 15 is 0 Å². The molecule has 0 aliphatic rings. The Labute approximate surface area is 266 Å². The molecule has 0 bridgehead atoms. The minimum absolute atomic E-state index is 0.111. The molecule has 3 nitrogen and oxygen atoms in total. The summed E-state index contributed by atoms with van der Waals surface area (Å²) in [5.74, 6) is -1.26. The largest absolute Gasteiger partial charge is 0.504 e. The Balaban J connectivity index is 2.53. The van der Waals surface area contributed by atoms with Crippen LogP contribution in [0.1, 0.15) is 136 Å². The van der Waals surface area contributed by atoms with Gasteiger partial charge < -0.3 is 10.2 Å². The zero-order valence-corrected chi connectivity index (χ0v) is 29.6. The van der Waals surface area contributed by atoms with E-state index in [0.29, 0.717) is 0 Å². The number of para-hydroxylation sites is 1. The van der Waals surface area contributed by atoms with Gasteiger partial charge in [0, 0.05) is 11.8 Å². The van der Waals surface area contributed by atoms with Gasteiger partial charge in [0.15, 0.2) is 11.6 Å². The number of halogens is 1. The molecule has 0 amide bonds. The normalized spacial score (nSPS) is 14.5.